The monoisotopic (exact) mass is 352 g/mol. The Balaban J connectivity index is 2.09. The van der Waals surface area contributed by atoms with Crippen LogP contribution >= 0.6 is 0 Å². The van der Waals surface area contributed by atoms with Crippen LogP contribution in [0.2, 0.25) is 0 Å². The van der Waals surface area contributed by atoms with Gasteiger partial charge in [-0.3, -0.25) is 0 Å². The number of esters is 1. The van der Waals surface area contributed by atoms with Gasteiger partial charge in [0.15, 0.2) is 0 Å². The topological polar surface area (TPSA) is 108 Å². The lowest BCUT2D eigenvalue weighted by molar-refractivity contribution is 0.00921. The molecule has 0 amide bonds. The molecule has 130 valence electrons. The summed E-state index contributed by atoms with van der Waals surface area (Å²) in [5.41, 5.74) is 6.54. The van der Waals surface area contributed by atoms with Gasteiger partial charge in [-0.2, -0.15) is 16.7 Å². The molecule has 0 spiro atoms. The molecule has 1 aliphatic rings. The second-order valence-corrected chi connectivity index (χ2v) is 7.67. The number of ether oxygens (including phenoxy) is 1. The van der Waals surface area contributed by atoms with E-state index in [1.807, 2.05) is 0 Å². The zero-order valence-corrected chi connectivity index (χ0v) is 14.4. The van der Waals surface area contributed by atoms with Crippen molar-refractivity contribution in [1.29, 1.82) is 0 Å². The van der Waals surface area contributed by atoms with E-state index in [0.29, 0.717) is 0 Å². The Morgan fingerprint density at radius 3 is 2.75 bits per heavy atom. The first-order valence-electron chi connectivity index (χ1n) is 7.81. The number of anilines is 1. The highest BCUT2D eigenvalue weighted by Crippen LogP contribution is 2.27. The van der Waals surface area contributed by atoms with E-state index in [9.17, 15) is 13.2 Å². The number of imidazole rings is 1. The average Bonchev–Trinajstić information content (AvgIpc) is 2.85. The maximum atomic E-state index is 12.6. The second kappa shape index (κ2) is 6.06. The maximum absolute atomic E-state index is 12.6. The highest BCUT2D eigenvalue weighted by atomic mass is 32.2. The zero-order chi connectivity index (χ0) is 17.5. The first kappa shape index (κ1) is 16.7. The summed E-state index contributed by atoms with van der Waals surface area (Å²) >= 11 is 0. The largest absolute Gasteiger partial charge is 0.459 e. The van der Waals surface area contributed by atoms with Crippen molar-refractivity contribution in [3.8, 4) is 0 Å². The second-order valence-electron chi connectivity index (χ2n) is 5.79. The number of nitrogen functional groups attached to an aromatic ring is 1. The van der Waals surface area contributed by atoms with Crippen molar-refractivity contribution < 1.29 is 17.9 Å². The van der Waals surface area contributed by atoms with E-state index in [2.05, 4.69) is 4.98 Å². The minimum Gasteiger partial charge on any atom is -0.459 e. The van der Waals surface area contributed by atoms with E-state index >= 15 is 0 Å². The molecule has 1 fully saturated rings. The zero-order valence-electron chi connectivity index (χ0n) is 13.6. The summed E-state index contributed by atoms with van der Waals surface area (Å²) in [6, 6.07) is 4.73. The number of nitrogens with zero attached hydrogens (tertiary/aromatic N) is 3. The molecule has 1 saturated carbocycles. The molecule has 0 aliphatic heterocycles. The number of rotatable bonds is 5. The molecule has 1 aliphatic carbocycles. The standard InChI is InChI=1S/C15H20N4O4S/c1-3-18(2)24(21,22)19-12-9-5-8-11(13(12)17-15(19)16)14(20)23-10-6-4-7-10/h5,8-10H,3-4,6-7H2,1-2H3,(H2,16,17). The van der Waals surface area contributed by atoms with Gasteiger partial charge in [0.25, 0.3) is 0 Å². The van der Waals surface area contributed by atoms with Crippen molar-refractivity contribution in [3.05, 3.63) is 23.8 Å². The van der Waals surface area contributed by atoms with E-state index in [0.717, 1.165) is 27.5 Å². The Bertz CT molecular complexity index is 886. The van der Waals surface area contributed by atoms with Crippen molar-refractivity contribution in [1.82, 2.24) is 13.3 Å². The van der Waals surface area contributed by atoms with Crippen LogP contribution in [-0.4, -0.2) is 47.3 Å². The summed E-state index contributed by atoms with van der Waals surface area (Å²) in [6.45, 7) is 2.00. The van der Waals surface area contributed by atoms with Crippen molar-refractivity contribution in [2.24, 2.45) is 0 Å². The molecule has 0 atom stereocenters. The van der Waals surface area contributed by atoms with Crippen LogP contribution in [0.4, 0.5) is 5.95 Å². The summed E-state index contributed by atoms with van der Waals surface area (Å²) in [6.07, 6.45) is 2.69. The molecule has 0 saturated heterocycles. The molecule has 2 aromatic rings. The summed E-state index contributed by atoms with van der Waals surface area (Å²) in [7, 11) is -2.40. The molecule has 3 rings (SSSR count). The van der Waals surface area contributed by atoms with E-state index in [1.165, 1.54) is 7.05 Å². The lowest BCUT2D eigenvalue weighted by Crippen LogP contribution is -2.32. The van der Waals surface area contributed by atoms with Gasteiger partial charge in [0, 0.05) is 13.6 Å². The first-order chi connectivity index (χ1) is 11.4. The quantitative estimate of drug-likeness (QED) is 0.814. The molecule has 1 aromatic carbocycles. The predicted octanol–water partition coefficient (Wildman–Crippen LogP) is 1.37. The smallest absolute Gasteiger partial charge is 0.340 e. The minimum absolute atomic E-state index is 0.0675. The number of carbonyl (C=O) groups excluding carboxylic acids is 1. The normalized spacial score (nSPS) is 15.6. The molecule has 8 nitrogen and oxygen atoms in total. The fourth-order valence-corrected chi connectivity index (χ4v) is 3.79. The van der Waals surface area contributed by atoms with Crippen LogP contribution in [0.15, 0.2) is 18.2 Å². The van der Waals surface area contributed by atoms with Crippen LogP contribution in [0.25, 0.3) is 11.0 Å². The fourth-order valence-electron chi connectivity index (χ4n) is 2.51. The van der Waals surface area contributed by atoms with Gasteiger partial charge in [-0.1, -0.05) is 13.0 Å². The Kier molecular flexibility index (Phi) is 4.22. The summed E-state index contributed by atoms with van der Waals surface area (Å²) in [4.78, 5) is 16.5. The SMILES string of the molecule is CCN(C)S(=O)(=O)n1c(N)nc2c(C(=O)OC3CCC3)cccc21. The molecule has 1 aromatic heterocycles. The molecular weight excluding hydrogens is 332 g/mol. The van der Waals surface area contributed by atoms with E-state index in [4.69, 9.17) is 10.5 Å². The van der Waals surface area contributed by atoms with Gasteiger partial charge in [-0.15, -0.1) is 0 Å². The van der Waals surface area contributed by atoms with Gasteiger partial charge in [0.2, 0.25) is 5.95 Å². The van der Waals surface area contributed by atoms with E-state index in [1.54, 1.807) is 25.1 Å². The minimum atomic E-state index is -3.85. The molecule has 0 unspecified atom stereocenters. The summed E-state index contributed by atoms with van der Waals surface area (Å²) in [5.74, 6) is -0.689. The van der Waals surface area contributed by atoms with Gasteiger partial charge in [-0.05, 0) is 31.4 Å². The Morgan fingerprint density at radius 2 is 2.17 bits per heavy atom. The number of aromatic nitrogens is 2. The van der Waals surface area contributed by atoms with Crippen molar-refractivity contribution in [2.75, 3.05) is 19.3 Å². The third kappa shape index (κ3) is 2.63. The van der Waals surface area contributed by atoms with Crippen LogP contribution in [-0.2, 0) is 14.9 Å². The molecule has 2 N–H and O–H groups in total. The van der Waals surface area contributed by atoms with Crippen molar-refractivity contribution in [2.45, 2.75) is 32.3 Å². The van der Waals surface area contributed by atoms with Gasteiger partial charge in [0.1, 0.15) is 11.6 Å². The lowest BCUT2D eigenvalue weighted by Gasteiger charge is -2.25. The number of carbonyl (C=O) groups is 1. The third-order valence-electron chi connectivity index (χ3n) is 4.28. The molecule has 1 heterocycles. The van der Waals surface area contributed by atoms with Crippen LogP contribution in [0.3, 0.4) is 0 Å². The number of hydrogen-bond donors (Lipinski definition) is 1. The molecule has 9 heteroatoms. The lowest BCUT2D eigenvalue weighted by atomic mass is 9.96. The van der Waals surface area contributed by atoms with Crippen LogP contribution < -0.4 is 5.73 Å². The van der Waals surface area contributed by atoms with E-state index in [-0.39, 0.29) is 35.2 Å². The highest BCUT2D eigenvalue weighted by Gasteiger charge is 2.28. The number of nitrogens with two attached hydrogens (primary N) is 1. The van der Waals surface area contributed by atoms with Gasteiger partial charge >= 0.3 is 16.2 Å². The number of para-hydroxylation sites is 1. The van der Waals surface area contributed by atoms with Gasteiger partial charge in [0.05, 0.1) is 11.1 Å². The molecule has 0 bridgehead atoms. The predicted molar refractivity (Wildman–Crippen MR) is 89.8 cm³/mol. The molecule has 0 radical (unpaired) electrons. The van der Waals surface area contributed by atoms with Crippen molar-refractivity contribution >= 4 is 33.2 Å². The summed E-state index contributed by atoms with van der Waals surface area (Å²) < 4.78 is 32.8. The fraction of sp³-hybridized carbons (Fsp3) is 0.467. The van der Waals surface area contributed by atoms with Gasteiger partial charge < -0.3 is 10.5 Å². The number of fused-ring (bicyclic) bond motifs is 1. The highest BCUT2D eigenvalue weighted by molar-refractivity contribution is 7.87. The van der Waals surface area contributed by atoms with Crippen LogP contribution in [0, 0.1) is 0 Å². The molecular formula is C15H20N4O4S. The third-order valence-corrected chi connectivity index (χ3v) is 6.17. The van der Waals surface area contributed by atoms with Gasteiger partial charge in [-0.25, -0.2) is 9.78 Å². The Morgan fingerprint density at radius 1 is 1.46 bits per heavy atom. The first-order valence-corrected chi connectivity index (χ1v) is 9.20. The van der Waals surface area contributed by atoms with Crippen LogP contribution in [0.1, 0.15) is 36.5 Å². The van der Waals surface area contributed by atoms with Crippen LogP contribution in [0.5, 0.6) is 0 Å². The number of benzene rings is 1. The maximum Gasteiger partial charge on any atom is 0.340 e. The summed E-state index contributed by atoms with van der Waals surface area (Å²) in [5, 5.41) is 0. The Hall–Kier alpha value is -2.13. The van der Waals surface area contributed by atoms with Crippen molar-refractivity contribution in [3.63, 3.8) is 0 Å². The Labute approximate surface area is 140 Å². The van der Waals surface area contributed by atoms with E-state index < -0.39 is 16.2 Å². The molecule has 24 heavy (non-hydrogen) atoms. The average molecular weight is 352 g/mol. The number of hydrogen-bond acceptors (Lipinski definition) is 6.